The largest absolute Gasteiger partial charge is 0.456 e. The molecule has 1 aromatic carbocycles. The summed E-state index contributed by atoms with van der Waals surface area (Å²) in [5.41, 5.74) is 3.93. The van der Waals surface area contributed by atoms with Crippen LogP contribution in [0.2, 0.25) is 0 Å². The first-order valence-electron chi connectivity index (χ1n) is 20.4. The van der Waals surface area contributed by atoms with Crippen molar-refractivity contribution < 1.29 is 38.4 Å². The zero-order chi connectivity index (χ0) is 36.7. The van der Waals surface area contributed by atoms with Crippen LogP contribution in [0.15, 0.2) is 41.5 Å². The molecule has 2 amide bonds. The summed E-state index contributed by atoms with van der Waals surface area (Å²) in [7, 11) is 0. The van der Waals surface area contributed by atoms with Gasteiger partial charge in [0.1, 0.15) is 24.4 Å². The molecule has 5 aliphatic carbocycles. The molecule has 8 atom stereocenters. The summed E-state index contributed by atoms with van der Waals surface area (Å²) in [6.45, 7) is 7.54. The number of carbonyl (C=O) groups is 3. The standard InChI is InChI=1S/C43H56N2O8/c1-41(2)24-31-27(10-15-36-42(3,52-36)17-16-32(31)41)21-25-6-8-26(9-7-25)40(49)50-34-22-28(39(48)45-19-4-5-33(45)38(47)44-18-20-46)23-35-37(34)53-43(51-35,29-11-12-29)30-13-14-30/h6-9,21,23,29-37,46H,4-5,10-20,22,24H2,1-3H3,(H,44,47). The molecular weight excluding hydrogens is 672 g/mol. The SMILES string of the molecule is CC1(C)CC2C(=Cc3ccc(C(=O)OC4CC(C(=O)N5CCCC5C(=O)NCCO)=CC5OC(C6CC6)(C6CC6)OC54)cc3)CCC3OC3(C)CCC21. The van der Waals surface area contributed by atoms with Crippen molar-refractivity contribution in [3.63, 3.8) is 0 Å². The van der Waals surface area contributed by atoms with Crippen molar-refractivity contribution in [2.45, 2.75) is 140 Å². The van der Waals surface area contributed by atoms with E-state index in [4.69, 9.17) is 18.9 Å². The Balaban J connectivity index is 0.927. The molecule has 0 bridgehead atoms. The van der Waals surface area contributed by atoms with Crippen LogP contribution in [0.5, 0.6) is 0 Å². The molecule has 10 heteroatoms. The third-order valence-electron chi connectivity index (χ3n) is 14.1. The number of allylic oxidation sites excluding steroid dienone is 1. The molecule has 0 aromatic heterocycles. The Morgan fingerprint density at radius 3 is 2.43 bits per heavy atom. The van der Waals surface area contributed by atoms with Gasteiger partial charge in [-0.05, 0) is 119 Å². The predicted octanol–water partition coefficient (Wildman–Crippen LogP) is 5.72. The highest BCUT2D eigenvalue weighted by Crippen LogP contribution is 2.61. The van der Waals surface area contributed by atoms with E-state index in [2.05, 4.69) is 32.2 Å². The number of carbonyl (C=O) groups excluding carboxylic acids is 3. The highest BCUT2D eigenvalue weighted by molar-refractivity contribution is 5.98. The lowest BCUT2D eigenvalue weighted by molar-refractivity contribution is -0.209. The number of esters is 1. The van der Waals surface area contributed by atoms with Gasteiger partial charge in [-0.1, -0.05) is 37.6 Å². The molecule has 8 unspecified atom stereocenters. The Bertz CT molecular complexity index is 1680. The average molecular weight is 729 g/mol. The number of hydrogen-bond acceptors (Lipinski definition) is 8. The van der Waals surface area contributed by atoms with Gasteiger partial charge in [-0.2, -0.15) is 0 Å². The summed E-state index contributed by atoms with van der Waals surface area (Å²) in [4.78, 5) is 42.5. The summed E-state index contributed by atoms with van der Waals surface area (Å²) < 4.78 is 26.0. The normalized spacial score (nSPS) is 37.5. The number of aliphatic hydroxyl groups excluding tert-OH is 1. The number of likely N-dealkylation sites (tertiary alicyclic amines) is 1. The number of nitrogens with zero attached hydrogens (tertiary/aromatic N) is 1. The smallest absolute Gasteiger partial charge is 0.338 e. The van der Waals surface area contributed by atoms with Gasteiger partial charge in [0.2, 0.25) is 11.8 Å². The van der Waals surface area contributed by atoms with Gasteiger partial charge in [0.25, 0.3) is 0 Å². The second-order valence-electron chi connectivity index (χ2n) is 18.2. The number of fused-ring (bicyclic) bond motifs is 3. The van der Waals surface area contributed by atoms with E-state index in [0.717, 1.165) is 50.5 Å². The van der Waals surface area contributed by atoms with E-state index in [9.17, 15) is 19.5 Å². The number of nitrogens with one attached hydrogen (secondary N) is 1. The van der Waals surface area contributed by atoms with E-state index in [1.54, 1.807) is 4.90 Å². The van der Waals surface area contributed by atoms with Gasteiger partial charge in [0, 0.05) is 36.9 Å². The fourth-order valence-corrected chi connectivity index (χ4v) is 10.7. The van der Waals surface area contributed by atoms with Gasteiger partial charge >= 0.3 is 5.97 Å². The first-order valence-corrected chi connectivity index (χ1v) is 20.4. The number of benzene rings is 1. The third kappa shape index (κ3) is 6.59. The van der Waals surface area contributed by atoms with E-state index in [1.165, 1.54) is 18.4 Å². The highest BCUT2D eigenvalue weighted by atomic mass is 16.8. The molecular formula is C43H56N2O8. The molecule has 3 saturated heterocycles. The summed E-state index contributed by atoms with van der Waals surface area (Å²) in [5, 5.41) is 11.9. The minimum atomic E-state index is -0.713. The van der Waals surface area contributed by atoms with Crippen LogP contribution in [-0.2, 0) is 28.5 Å². The van der Waals surface area contributed by atoms with Crippen molar-refractivity contribution in [2.75, 3.05) is 19.7 Å². The van der Waals surface area contributed by atoms with E-state index < -0.39 is 36.1 Å². The average Bonchev–Trinajstić information content (AvgIpc) is 4.10. The van der Waals surface area contributed by atoms with Crippen LogP contribution >= 0.6 is 0 Å². The van der Waals surface area contributed by atoms with Crippen molar-refractivity contribution in [1.82, 2.24) is 10.2 Å². The topological polar surface area (TPSA) is 127 Å². The maximum absolute atomic E-state index is 14.1. The summed E-state index contributed by atoms with van der Waals surface area (Å²) in [6.07, 6.45) is 14.1. The molecule has 3 aliphatic heterocycles. The van der Waals surface area contributed by atoms with Gasteiger partial charge in [0.15, 0.2) is 5.79 Å². The van der Waals surface area contributed by atoms with E-state index in [-0.39, 0.29) is 37.0 Å². The number of aliphatic hydroxyl groups is 1. The number of ether oxygens (including phenoxy) is 4. The summed E-state index contributed by atoms with van der Waals surface area (Å²) >= 11 is 0. The van der Waals surface area contributed by atoms with Crippen molar-refractivity contribution in [3.8, 4) is 0 Å². The van der Waals surface area contributed by atoms with Crippen molar-refractivity contribution in [1.29, 1.82) is 0 Å². The number of rotatable bonds is 9. The maximum atomic E-state index is 14.1. The van der Waals surface area contributed by atoms with Crippen LogP contribution in [0.3, 0.4) is 0 Å². The monoisotopic (exact) mass is 728 g/mol. The molecule has 9 rings (SSSR count). The minimum Gasteiger partial charge on any atom is -0.456 e. The molecule has 4 saturated carbocycles. The maximum Gasteiger partial charge on any atom is 0.338 e. The van der Waals surface area contributed by atoms with Gasteiger partial charge in [-0.3, -0.25) is 9.59 Å². The number of hydrogen-bond donors (Lipinski definition) is 2. The van der Waals surface area contributed by atoms with Crippen LogP contribution in [-0.4, -0.2) is 89.3 Å². The zero-order valence-electron chi connectivity index (χ0n) is 31.5. The first-order chi connectivity index (χ1) is 25.5. The molecule has 1 aromatic rings. The Kier molecular flexibility index (Phi) is 8.95. The van der Waals surface area contributed by atoms with Crippen LogP contribution in [0, 0.1) is 29.1 Å². The van der Waals surface area contributed by atoms with Crippen LogP contribution < -0.4 is 5.32 Å². The molecule has 2 N–H and O–H groups in total. The van der Waals surface area contributed by atoms with E-state index >= 15 is 0 Å². The zero-order valence-corrected chi connectivity index (χ0v) is 31.5. The summed E-state index contributed by atoms with van der Waals surface area (Å²) in [5.74, 6) is 0.247. The Morgan fingerprint density at radius 1 is 0.981 bits per heavy atom. The Labute approximate surface area is 313 Å². The van der Waals surface area contributed by atoms with Gasteiger partial charge in [-0.15, -0.1) is 0 Å². The van der Waals surface area contributed by atoms with Gasteiger partial charge in [0.05, 0.1) is 23.9 Å². The minimum absolute atomic E-state index is 0.0522. The Hall–Kier alpha value is -3.05. The lowest BCUT2D eigenvalue weighted by atomic mass is 9.52. The molecule has 10 nitrogen and oxygen atoms in total. The van der Waals surface area contributed by atoms with Gasteiger partial charge in [-0.25, -0.2) is 4.79 Å². The predicted molar refractivity (Wildman–Crippen MR) is 196 cm³/mol. The summed E-state index contributed by atoms with van der Waals surface area (Å²) in [6, 6.07) is 7.12. The second kappa shape index (κ2) is 13.3. The van der Waals surface area contributed by atoms with Crippen molar-refractivity contribution in [3.05, 3.63) is 52.6 Å². The quantitative estimate of drug-likeness (QED) is 0.245. The number of epoxide rings is 1. The molecule has 286 valence electrons. The van der Waals surface area contributed by atoms with Crippen LogP contribution in [0.4, 0.5) is 0 Å². The van der Waals surface area contributed by atoms with Gasteiger partial charge < -0.3 is 34.3 Å². The molecule has 0 radical (unpaired) electrons. The van der Waals surface area contributed by atoms with Crippen molar-refractivity contribution >= 4 is 23.9 Å². The van der Waals surface area contributed by atoms with E-state index in [1.807, 2.05) is 30.3 Å². The fraction of sp³-hybridized carbons (Fsp3) is 0.698. The van der Waals surface area contributed by atoms with Crippen LogP contribution in [0.1, 0.15) is 114 Å². The third-order valence-corrected chi connectivity index (χ3v) is 14.1. The lowest BCUT2D eigenvalue weighted by Gasteiger charge is -2.53. The number of amides is 2. The highest BCUT2D eigenvalue weighted by Gasteiger charge is 2.65. The lowest BCUT2D eigenvalue weighted by Crippen LogP contribution is -2.49. The first kappa shape index (κ1) is 35.6. The van der Waals surface area contributed by atoms with E-state index in [0.29, 0.717) is 65.7 Å². The fourth-order valence-electron chi connectivity index (χ4n) is 10.7. The Morgan fingerprint density at radius 2 is 1.74 bits per heavy atom. The molecule has 3 heterocycles. The molecule has 7 fully saturated rings. The molecule has 0 spiro atoms. The van der Waals surface area contributed by atoms with Crippen LogP contribution in [0.25, 0.3) is 6.08 Å². The second-order valence-corrected chi connectivity index (χ2v) is 18.2. The molecule has 53 heavy (non-hydrogen) atoms. The van der Waals surface area contributed by atoms with Crippen molar-refractivity contribution in [2.24, 2.45) is 29.1 Å². The molecule has 8 aliphatic rings.